The maximum absolute atomic E-state index is 12.2. The zero-order valence-corrected chi connectivity index (χ0v) is 10.7. The summed E-state index contributed by atoms with van der Waals surface area (Å²) in [6.07, 6.45) is 2.74. The van der Waals surface area contributed by atoms with E-state index in [-0.39, 0.29) is 30.8 Å². The van der Waals surface area contributed by atoms with Crippen LogP contribution >= 0.6 is 0 Å². The van der Waals surface area contributed by atoms with Gasteiger partial charge in [-0.3, -0.25) is 9.59 Å². The summed E-state index contributed by atoms with van der Waals surface area (Å²) in [7, 11) is 1.33. The molecule has 100 valence electrons. The molecule has 0 radical (unpaired) electrons. The molecule has 6 nitrogen and oxygen atoms in total. The minimum atomic E-state index is -0.833. The molecule has 1 amide bonds. The molecule has 2 rings (SSSR count). The van der Waals surface area contributed by atoms with Crippen LogP contribution in [0.15, 0.2) is 5.16 Å². The van der Waals surface area contributed by atoms with Gasteiger partial charge in [-0.2, -0.15) is 0 Å². The van der Waals surface area contributed by atoms with Crippen molar-refractivity contribution in [3.05, 3.63) is 0 Å². The topological polar surface area (TPSA) is 77.0 Å². The molecule has 6 heteroatoms. The van der Waals surface area contributed by atoms with Crippen LogP contribution in [-0.2, 0) is 19.2 Å². The Kier molecular flexibility index (Phi) is 3.54. The second kappa shape index (κ2) is 4.96. The second-order valence-electron chi connectivity index (χ2n) is 4.74. The number of ether oxygens (including phenoxy) is 1. The highest BCUT2D eigenvalue weighted by molar-refractivity contribution is 5.97. The fraction of sp³-hybridized carbons (Fsp3) is 0.750. The molecule has 0 aromatic carbocycles. The lowest BCUT2D eigenvalue weighted by molar-refractivity contribution is -0.146. The van der Waals surface area contributed by atoms with Crippen LogP contribution in [0.1, 0.15) is 32.6 Å². The highest BCUT2D eigenvalue weighted by Gasteiger charge is 2.56. The minimum Gasteiger partial charge on any atom is -0.469 e. The van der Waals surface area contributed by atoms with E-state index in [9.17, 15) is 9.59 Å². The van der Waals surface area contributed by atoms with Crippen LogP contribution in [0, 0.1) is 5.92 Å². The summed E-state index contributed by atoms with van der Waals surface area (Å²) in [6.45, 7) is 2.15. The van der Waals surface area contributed by atoms with E-state index in [1.165, 1.54) is 7.11 Å². The standard InChI is InChI=1S/C12H18N2O4/c1-8-9-4-3-6-12(9,18-14-8)11(16)13-7-5-10(15)17-2/h9H,3-7H2,1-2H3,(H,13,16). The number of oxime groups is 1. The maximum atomic E-state index is 12.2. The monoisotopic (exact) mass is 254 g/mol. The number of carbonyl (C=O) groups is 2. The first kappa shape index (κ1) is 12.9. The van der Waals surface area contributed by atoms with Crippen LogP contribution in [0.5, 0.6) is 0 Å². The summed E-state index contributed by atoms with van der Waals surface area (Å²) >= 11 is 0. The Morgan fingerprint density at radius 2 is 2.39 bits per heavy atom. The average Bonchev–Trinajstić information content (AvgIpc) is 2.91. The minimum absolute atomic E-state index is 0.0793. The number of amides is 1. The molecule has 1 saturated carbocycles. The maximum Gasteiger partial charge on any atom is 0.307 e. The first-order chi connectivity index (χ1) is 8.60. The fourth-order valence-electron chi connectivity index (χ4n) is 2.69. The number of hydrogen-bond acceptors (Lipinski definition) is 5. The molecule has 0 aromatic rings. The van der Waals surface area contributed by atoms with Crippen molar-refractivity contribution in [3.63, 3.8) is 0 Å². The Morgan fingerprint density at radius 1 is 1.61 bits per heavy atom. The molecule has 1 aliphatic carbocycles. The van der Waals surface area contributed by atoms with E-state index in [2.05, 4.69) is 15.2 Å². The van der Waals surface area contributed by atoms with Gasteiger partial charge in [0.05, 0.1) is 25.2 Å². The van der Waals surface area contributed by atoms with E-state index in [1.54, 1.807) is 0 Å². The first-order valence-electron chi connectivity index (χ1n) is 6.18. The summed E-state index contributed by atoms with van der Waals surface area (Å²) < 4.78 is 4.52. The van der Waals surface area contributed by atoms with Gasteiger partial charge in [0, 0.05) is 6.54 Å². The molecule has 1 heterocycles. The summed E-state index contributed by atoms with van der Waals surface area (Å²) in [6, 6.07) is 0. The predicted octanol–water partition coefficient (Wildman–Crippen LogP) is 0.611. The van der Waals surface area contributed by atoms with Crippen molar-refractivity contribution >= 4 is 17.6 Å². The van der Waals surface area contributed by atoms with E-state index in [0.717, 1.165) is 18.6 Å². The third-order valence-corrected chi connectivity index (χ3v) is 3.69. The van der Waals surface area contributed by atoms with Gasteiger partial charge in [-0.1, -0.05) is 5.16 Å². The lowest BCUT2D eigenvalue weighted by Crippen LogP contribution is -2.50. The van der Waals surface area contributed by atoms with Gasteiger partial charge >= 0.3 is 5.97 Å². The van der Waals surface area contributed by atoms with Gasteiger partial charge in [-0.15, -0.1) is 0 Å². The van der Waals surface area contributed by atoms with Crippen LogP contribution in [-0.4, -0.2) is 36.8 Å². The predicted molar refractivity (Wildman–Crippen MR) is 63.9 cm³/mol. The second-order valence-corrected chi connectivity index (χ2v) is 4.74. The summed E-state index contributed by atoms with van der Waals surface area (Å²) in [5, 5.41) is 6.67. The lowest BCUT2D eigenvalue weighted by atomic mass is 9.87. The van der Waals surface area contributed by atoms with Gasteiger partial charge in [-0.25, -0.2) is 0 Å². The Labute approximate surface area is 106 Å². The molecule has 1 N–H and O–H groups in total. The highest BCUT2D eigenvalue weighted by Crippen LogP contribution is 2.43. The van der Waals surface area contributed by atoms with Gasteiger partial charge < -0.3 is 14.9 Å². The first-order valence-corrected chi connectivity index (χ1v) is 6.18. The third-order valence-electron chi connectivity index (χ3n) is 3.69. The molecule has 0 bridgehead atoms. The van der Waals surface area contributed by atoms with Crippen molar-refractivity contribution in [2.75, 3.05) is 13.7 Å². The summed E-state index contributed by atoms with van der Waals surface area (Å²) in [4.78, 5) is 28.6. The van der Waals surface area contributed by atoms with Crippen molar-refractivity contribution < 1.29 is 19.2 Å². The highest BCUT2D eigenvalue weighted by atomic mass is 16.7. The number of nitrogens with one attached hydrogen (secondary N) is 1. The van der Waals surface area contributed by atoms with E-state index in [4.69, 9.17) is 4.84 Å². The number of fused-ring (bicyclic) bond motifs is 1. The van der Waals surface area contributed by atoms with Crippen molar-refractivity contribution in [1.82, 2.24) is 5.32 Å². The van der Waals surface area contributed by atoms with Crippen LogP contribution < -0.4 is 5.32 Å². The van der Waals surface area contributed by atoms with E-state index in [1.807, 2.05) is 6.92 Å². The van der Waals surface area contributed by atoms with Crippen LogP contribution in [0.4, 0.5) is 0 Å². The van der Waals surface area contributed by atoms with Gasteiger partial charge in [0.15, 0.2) is 0 Å². The smallest absolute Gasteiger partial charge is 0.307 e. The Balaban J connectivity index is 1.91. The molecule has 2 unspecified atom stereocenters. The molecule has 1 aliphatic heterocycles. The van der Waals surface area contributed by atoms with Crippen molar-refractivity contribution in [1.29, 1.82) is 0 Å². The van der Waals surface area contributed by atoms with E-state index < -0.39 is 5.60 Å². The largest absolute Gasteiger partial charge is 0.469 e. The molecule has 0 saturated heterocycles. The van der Waals surface area contributed by atoms with Gasteiger partial charge in [0.2, 0.25) is 5.60 Å². The van der Waals surface area contributed by atoms with Crippen LogP contribution in [0.3, 0.4) is 0 Å². The average molecular weight is 254 g/mol. The van der Waals surface area contributed by atoms with Crippen molar-refractivity contribution in [3.8, 4) is 0 Å². The Bertz CT molecular complexity index is 394. The van der Waals surface area contributed by atoms with Gasteiger partial charge in [0.1, 0.15) is 0 Å². The normalized spacial score (nSPS) is 29.2. The molecule has 1 fully saturated rings. The number of rotatable bonds is 4. The molecule has 18 heavy (non-hydrogen) atoms. The van der Waals surface area contributed by atoms with Gasteiger partial charge in [-0.05, 0) is 26.2 Å². The fourth-order valence-corrected chi connectivity index (χ4v) is 2.69. The van der Waals surface area contributed by atoms with Crippen LogP contribution in [0.2, 0.25) is 0 Å². The van der Waals surface area contributed by atoms with Crippen molar-refractivity contribution in [2.45, 2.75) is 38.2 Å². The number of carbonyl (C=O) groups excluding carboxylic acids is 2. The molecular formula is C12H18N2O4. The molecule has 0 aromatic heterocycles. The number of methoxy groups -OCH3 is 1. The summed E-state index contributed by atoms with van der Waals surface area (Å²) in [5.41, 5.74) is 0.0517. The van der Waals surface area contributed by atoms with E-state index in [0.29, 0.717) is 6.42 Å². The van der Waals surface area contributed by atoms with Crippen molar-refractivity contribution in [2.24, 2.45) is 11.1 Å². The number of hydrogen-bond donors (Lipinski definition) is 1. The quantitative estimate of drug-likeness (QED) is 0.746. The number of esters is 1. The number of nitrogens with zero attached hydrogens (tertiary/aromatic N) is 1. The third kappa shape index (κ3) is 2.07. The zero-order valence-electron chi connectivity index (χ0n) is 10.7. The van der Waals surface area contributed by atoms with E-state index >= 15 is 0 Å². The zero-order chi connectivity index (χ0) is 13.2. The summed E-state index contributed by atoms with van der Waals surface area (Å²) in [5.74, 6) is -0.430. The SMILES string of the molecule is COC(=O)CCNC(=O)C12CCCC1C(C)=NO2. The Hall–Kier alpha value is -1.59. The van der Waals surface area contributed by atoms with Crippen LogP contribution in [0.25, 0.3) is 0 Å². The molecule has 2 atom stereocenters. The Morgan fingerprint density at radius 3 is 3.11 bits per heavy atom. The molecule has 2 aliphatic rings. The molecule has 0 spiro atoms. The lowest BCUT2D eigenvalue weighted by Gasteiger charge is -2.25. The van der Waals surface area contributed by atoms with Gasteiger partial charge in [0.25, 0.3) is 5.91 Å². The molecular weight excluding hydrogens is 236 g/mol.